The number of nitrogens with one attached hydrogen (secondary N) is 1. The van der Waals surface area contributed by atoms with Crippen molar-refractivity contribution >= 4 is 41.4 Å². The SMILES string of the molecule is CC(=O)CC(=O)OCCNC(=O)OCC(COC(=O)CC(C)=O)OC(=O)CC(C)=O. The summed E-state index contributed by atoms with van der Waals surface area (Å²) in [4.78, 5) is 78.4. The summed E-state index contributed by atoms with van der Waals surface area (Å²) in [5.74, 6) is -3.73. The predicted octanol–water partition coefficient (Wildman–Crippen LogP) is -0.352. The number of ketones is 3. The smallest absolute Gasteiger partial charge is 0.407 e. The molecular formula is C18H25NO11. The largest absolute Gasteiger partial charge is 0.463 e. The Morgan fingerprint density at radius 2 is 1.13 bits per heavy atom. The molecule has 0 aliphatic heterocycles. The number of rotatable bonds is 14. The van der Waals surface area contributed by atoms with Crippen LogP contribution in [0.2, 0.25) is 0 Å². The molecule has 0 aromatic heterocycles. The molecule has 12 heteroatoms. The second-order valence-corrected chi connectivity index (χ2v) is 6.18. The van der Waals surface area contributed by atoms with Crippen molar-refractivity contribution in [2.75, 3.05) is 26.4 Å². The van der Waals surface area contributed by atoms with E-state index in [9.17, 15) is 33.6 Å². The van der Waals surface area contributed by atoms with E-state index in [4.69, 9.17) is 18.9 Å². The molecule has 0 fully saturated rings. The Kier molecular flexibility index (Phi) is 13.0. The topological polar surface area (TPSA) is 168 Å². The zero-order chi connectivity index (χ0) is 23.1. The summed E-state index contributed by atoms with van der Waals surface area (Å²) < 4.78 is 19.3. The summed E-state index contributed by atoms with van der Waals surface area (Å²) in [6.07, 6.45) is -3.51. The second-order valence-electron chi connectivity index (χ2n) is 6.18. The molecule has 1 atom stereocenters. The van der Waals surface area contributed by atoms with Gasteiger partial charge in [0.05, 0.1) is 6.54 Å². The molecule has 0 saturated carbocycles. The van der Waals surface area contributed by atoms with E-state index in [0.717, 1.165) is 0 Å². The highest BCUT2D eigenvalue weighted by Gasteiger charge is 2.20. The van der Waals surface area contributed by atoms with Gasteiger partial charge in [-0.25, -0.2) is 4.79 Å². The third kappa shape index (κ3) is 15.7. The maximum atomic E-state index is 11.6. The quantitative estimate of drug-likeness (QED) is 0.165. The number of ether oxygens (including phenoxy) is 4. The molecule has 168 valence electrons. The van der Waals surface area contributed by atoms with Crippen molar-refractivity contribution in [3.05, 3.63) is 0 Å². The molecule has 0 spiro atoms. The van der Waals surface area contributed by atoms with Crippen LogP contribution in [-0.4, -0.2) is 73.8 Å². The average Bonchev–Trinajstić information content (AvgIpc) is 2.59. The minimum absolute atomic E-state index is 0.106. The lowest BCUT2D eigenvalue weighted by Gasteiger charge is -2.18. The van der Waals surface area contributed by atoms with Gasteiger partial charge in [0, 0.05) is 0 Å². The normalized spacial score (nSPS) is 10.9. The van der Waals surface area contributed by atoms with Crippen molar-refractivity contribution in [1.29, 1.82) is 0 Å². The number of alkyl carbamates (subject to hydrolysis) is 1. The predicted molar refractivity (Wildman–Crippen MR) is 97.0 cm³/mol. The molecule has 0 radical (unpaired) electrons. The minimum atomic E-state index is -1.20. The first-order valence-corrected chi connectivity index (χ1v) is 8.89. The van der Waals surface area contributed by atoms with E-state index in [1.165, 1.54) is 20.8 Å². The number of carbonyl (C=O) groups excluding carboxylic acids is 7. The summed E-state index contributed by atoms with van der Waals surface area (Å²) >= 11 is 0. The highest BCUT2D eigenvalue weighted by molar-refractivity contribution is 5.95. The van der Waals surface area contributed by atoms with Gasteiger partial charge >= 0.3 is 24.0 Å². The lowest BCUT2D eigenvalue weighted by atomic mass is 10.3. The Morgan fingerprint density at radius 3 is 1.67 bits per heavy atom. The van der Waals surface area contributed by atoms with Gasteiger partial charge in [0.1, 0.15) is 56.4 Å². The first kappa shape index (κ1) is 26.7. The summed E-state index contributed by atoms with van der Waals surface area (Å²) in [5, 5.41) is 2.25. The first-order chi connectivity index (χ1) is 14.0. The van der Waals surface area contributed by atoms with Crippen LogP contribution in [-0.2, 0) is 47.7 Å². The van der Waals surface area contributed by atoms with Gasteiger partial charge in [-0.1, -0.05) is 0 Å². The van der Waals surface area contributed by atoms with Crippen molar-refractivity contribution in [3.63, 3.8) is 0 Å². The molecule has 0 bridgehead atoms. The zero-order valence-corrected chi connectivity index (χ0v) is 17.0. The fourth-order valence-electron chi connectivity index (χ4n) is 1.78. The van der Waals surface area contributed by atoms with Crippen LogP contribution < -0.4 is 5.32 Å². The van der Waals surface area contributed by atoms with E-state index in [1.807, 2.05) is 0 Å². The lowest BCUT2D eigenvalue weighted by Crippen LogP contribution is -2.35. The maximum absolute atomic E-state index is 11.6. The van der Waals surface area contributed by atoms with Crippen LogP contribution >= 0.6 is 0 Å². The summed E-state index contributed by atoms with van der Waals surface area (Å²) in [5.41, 5.74) is 0. The molecule has 1 amide bonds. The molecule has 0 saturated heterocycles. The monoisotopic (exact) mass is 431 g/mol. The summed E-state index contributed by atoms with van der Waals surface area (Å²) in [6.45, 7) is 2.30. The maximum Gasteiger partial charge on any atom is 0.407 e. The number of carbonyl (C=O) groups is 7. The highest BCUT2D eigenvalue weighted by atomic mass is 16.6. The van der Waals surface area contributed by atoms with E-state index < -0.39 is 67.7 Å². The summed E-state index contributed by atoms with van der Waals surface area (Å²) in [7, 11) is 0. The number of esters is 3. The van der Waals surface area contributed by atoms with Gasteiger partial charge in [0.15, 0.2) is 6.10 Å². The summed E-state index contributed by atoms with van der Waals surface area (Å²) in [6, 6.07) is 0. The van der Waals surface area contributed by atoms with E-state index in [2.05, 4.69) is 5.32 Å². The standard InChI is InChI=1S/C18H25NO11/c1-11(20)6-15(23)27-5-4-19-18(26)29-10-14(30-17(25)8-13(3)22)9-28-16(24)7-12(2)21/h14H,4-10H2,1-3H3,(H,19,26). The average molecular weight is 431 g/mol. The molecule has 0 aliphatic rings. The van der Waals surface area contributed by atoms with E-state index in [0.29, 0.717) is 0 Å². The van der Waals surface area contributed by atoms with Crippen LogP contribution in [0.3, 0.4) is 0 Å². The first-order valence-electron chi connectivity index (χ1n) is 8.89. The molecule has 30 heavy (non-hydrogen) atoms. The van der Waals surface area contributed by atoms with Gasteiger partial charge in [-0.3, -0.25) is 28.8 Å². The van der Waals surface area contributed by atoms with E-state index in [1.54, 1.807) is 0 Å². The van der Waals surface area contributed by atoms with Crippen LogP contribution in [0, 0.1) is 0 Å². The van der Waals surface area contributed by atoms with Crippen molar-refractivity contribution < 1.29 is 52.5 Å². The van der Waals surface area contributed by atoms with Gasteiger partial charge in [-0.2, -0.15) is 0 Å². The number of hydrogen-bond donors (Lipinski definition) is 1. The number of Topliss-reactive ketones (excluding diaryl/α,β-unsaturated/α-hetero) is 3. The Balaban J connectivity index is 4.43. The lowest BCUT2D eigenvalue weighted by molar-refractivity contribution is -0.162. The molecule has 0 aromatic rings. The van der Waals surface area contributed by atoms with Crippen molar-refractivity contribution in [2.45, 2.75) is 46.1 Å². The Labute approximate surface area is 172 Å². The fourth-order valence-corrected chi connectivity index (χ4v) is 1.78. The van der Waals surface area contributed by atoms with Gasteiger partial charge in [0.2, 0.25) is 0 Å². The zero-order valence-electron chi connectivity index (χ0n) is 17.0. The Hall–Kier alpha value is -3.31. The van der Waals surface area contributed by atoms with Gasteiger partial charge < -0.3 is 24.3 Å². The van der Waals surface area contributed by atoms with Crippen LogP contribution in [0.1, 0.15) is 40.0 Å². The Bertz CT molecular complexity index is 671. The molecule has 12 nitrogen and oxygen atoms in total. The van der Waals surface area contributed by atoms with E-state index in [-0.39, 0.29) is 25.4 Å². The van der Waals surface area contributed by atoms with Gasteiger partial charge in [0.25, 0.3) is 0 Å². The van der Waals surface area contributed by atoms with Crippen LogP contribution in [0.4, 0.5) is 4.79 Å². The molecule has 0 aromatic carbocycles. The van der Waals surface area contributed by atoms with Crippen LogP contribution in [0.25, 0.3) is 0 Å². The Morgan fingerprint density at radius 1 is 0.667 bits per heavy atom. The fraction of sp³-hybridized carbons (Fsp3) is 0.611. The minimum Gasteiger partial charge on any atom is -0.463 e. The van der Waals surface area contributed by atoms with Crippen LogP contribution in [0.15, 0.2) is 0 Å². The molecule has 1 N–H and O–H groups in total. The molecule has 0 aliphatic carbocycles. The molecule has 1 unspecified atom stereocenters. The van der Waals surface area contributed by atoms with Crippen molar-refractivity contribution in [2.24, 2.45) is 0 Å². The van der Waals surface area contributed by atoms with E-state index >= 15 is 0 Å². The number of hydrogen-bond acceptors (Lipinski definition) is 11. The van der Waals surface area contributed by atoms with Gasteiger partial charge in [-0.15, -0.1) is 0 Å². The van der Waals surface area contributed by atoms with Crippen molar-refractivity contribution in [3.8, 4) is 0 Å². The third-order valence-electron chi connectivity index (χ3n) is 2.94. The molecule has 0 heterocycles. The molecular weight excluding hydrogens is 406 g/mol. The highest BCUT2D eigenvalue weighted by Crippen LogP contribution is 2.01. The third-order valence-corrected chi connectivity index (χ3v) is 2.94. The van der Waals surface area contributed by atoms with Crippen LogP contribution in [0.5, 0.6) is 0 Å². The molecule has 0 rings (SSSR count). The van der Waals surface area contributed by atoms with Crippen molar-refractivity contribution in [1.82, 2.24) is 5.32 Å². The number of amides is 1. The van der Waals surface area contributed by atoms with Gasteiger partial charge in [-0.05, 0) is 20.8 Å². The second kappa shape index (κ2) is 14.7.